The lowest BCUT2D eigenvalue weighted by Gasteiger charge is -2.33. The Labute approximate surface area is 116 Å². The minimum Gasteiger partial charge on any atom is -0.392 e. The maximum absolute atomic E-state index is 12.2. The summed E-state index contributed by atoms with van der Waals surface area (Å²) in [5.41, 5.74) is 1.34. The van der Waals surface area contributed by atoms with Crippen LogP contribution in [0, 0.1) is 5.92 Å². The third-order valence-electron chi connectivity index (χ3n) is 4.88. The van der Waals surface area contributed by atoms with E-state index in [1.165, 1.54) is 16.3 Å². The van der Waals surface area contributed by atoms with E-state index in [4.69, 9.17) is 4.74 Å². The number of carbonyl (C=O) groups excluding carboxylic acids is 2. The second-order valence-electron chi connectivity index (χ2n) is 5.81. The zero-order valence-corrected chi connectivity index (χ0v) is 11.2. The lowest BCUT2D eigenvalue weighted by atomic mass is 9.65. The van der Waals surface area contributed by atoms with Crippen LogP contribution in [0.5, 0.6) is 0 Å². The molecule has 100 valence electrons. The van der Waals surface area contributed by atoms with E-state index >= 15 is 0 Å². The number of cyclic esters (lactones) is 2. The van der Waals surface area contributed by atoms with Crippen molar-refractivity contribution in [2.24, 2.45) is 5.92 Å². The minimum absolute atomic E-state index is 0.330. The summed E-state index contributed by atoms with van der Waals surface area (Å²) >= 11 is 0. The maximum Gasteiger partial charge on any atom is 0.324 e. The monoisotopic (exact) mass is 266 g/mol. The van der Waals surface area contributed by atoms with E-state index in [1.54, 1.807) is 0 Å². The van der Waals surface area contributed by atoms with Gasteiger partial charge in [0.2, 0.25) is 0 Å². The topological polar surface area (TPSA) is 43.4 Å². The molecule has 1 fully saturated rings. The molecule has 0 bridgehead atoms. The molecule has 0 unspecified atom stereocenters. The first-order chi connectivity index (χ1) is 9.62. The van der Waals surface area contributed by atoms with Crippen LogP contribution in [0.15, 0.2) is 36.4 Å². The van der Waals surface area contributed by atoms with Gasteiger partial charge in [-0.2, -0.15) is 0 Å². The molecule has 0 aromatic heterocycles. The highest BCUT2D eigenvalue weighted by molar-refractivity contribution is 6.04. The summed E-state index contributed by atoms with van der Waals surface area (Å²) in [5.74, 6) is -1.09. The molecule has 0 spiro atoms. The highest BCUT2D eigenvalue weighted by Gasteiger charge is 2.57. The molecule has 1 heterocycles. The van der Waals surface area contributed by atoms with Gasteiger partial charge in [0.05, 0.1) is 5.92 Å². The van der Waals surface area contributed by atoms with Gasteiger partial charge in [0.15, 0.2) is 0 Å². The molecule has 0 amide bonds. The summed E-state index contributed by atoms with van der Waals surface area (Å²) in [6.07, 6.45) is 1.50. The standard InChI is InChI=1S/C17H14O3/c1-17-13-8-6-10-4-2-3-5-11(10)12(13)7-9-14(17)15(18)20-16(17)19/h2-6,8,14H,7,9H2,1H3/t14-,17-/m0/s1. The Kier molecular flexibility index (Phi) is 2.15. The smallest absolute Gasteiger partial charge is 0.324 e. The predicted octanol–water partition coefficient (Wildman–Crippen LogP) is 2.74. The van der Waals surface area contributed by atoms with Gasteiger partial charge >= 0.3 is 11.9 Å². The summed E-state index contributed by atoms with van der Waals surface area (Å²) < 4.78 is 4.90. The van der Waals surface area contributed by atoms with Gasteiger partial charge in [0.1, 0.15) is 5.41 Å². The van der Waals surface area contributed by atoms with Gasteiger partial charge in [-0.05, 0) is 41.7 Å². The minimum atomic E-state index is -0.811. The Bertz CT molecular complexity index is 762. The lowest BCUT2D eigenvalue weighted by molar-refractivity contribution is -0.154. The predicted molar refractivity (Wildman–Crippen MR) is 74.2 cm³/mol. The number of benzene rings is 2. The van der Waals surface area contributed by atoms with Gasteiger partial charge in [0.25, 0.3) is 0 Å². The molecule has 4 rings (SSSR count). The van der Waals surface area contributed by atoms with Gasteiger partial charge in [-0.3, -0.25) is 9.59 Å². The van der Waals surface area contributed by atoms with Crippen LogP contribution in [0.4, 0.5) is 0 Å². The number of hydrogen-bond donors (Lipinski definition) is 0. The van der Waals surface area contributed by atoms with Crippen LogP contribution < -0.4 is 0 Å². The third-order valence-corrected chi connectivity index (χ3v) is 4.88. The number of ether oxygens (including phenoxy) is 1. The molecule has 2 aromatic rings. The zero-order valence-electron chi connectivity index (χ0n) is 11.2. The molecule has 2 aromatic carbocycles. The van der Waals surface area contributed by atoms with Crippen molar-refractivity contribution in [3.8, 4) is 0 Å². The van der Waals surface area contributed by atoms with E-state index in [1.807, 2.05) is 31.2 Å². The molecule has 2 atom stereocenters. The summed E-state index contributed by atoms with van der Waals surface area (Å²) in [7, 11) is 0. The third kappa shape index (κ3) is 1.25. The molecule has 2 aliphatic rings. The van der Waals surface area contributed by atoms with Gasteiger partial charge < -0.3 is 4.74 Å². The highest BCUT2D eigenvalue weighted by Crippen LogP contribution is 2.48. The molecule has 0 N–H and O–H groups in total. The van der Waals surface area contributed by atoms with E-state index in [0.717, 1.165) is 12.0 Å². The van der Waals surface area contributed by atoms with E-state index in [9.17, 15) is 9.59 Å². The molecule has 0 saturated carbocycles. The number of rotatable bonds is 0. The number of carbonyl (C=O) groups is 2. The second kappa shape index (κ2) is 3.69. The Morgan fingerprint density at radius 2 is 1.95 bits per heavy atom. The Hall–Kier alpha value is -2.16. The van der Waals surface area contributed by atoms with Crippen LogP contribution in [-0.4, -0.2) is 11.9 Å². The summed E-state index contributed by atoms with van der Waals surface area (Å²) in [6, 6.07) is 12.2. The fourth-order valence-electron chi connectivity index (χ4n) is 3.73. The van der Waals surface area contributed by atoms with Crippen LogP contribution in [-0.2, 0) is 26.2 Å². The first kappa shape index (κ1) is 11.6. The quantitative estimate of drug-likeness (QED) is 0.544. The molecule has 3 nitrogen and oxygen atoms in total. The zero-order chi connectivity index (χ0) is 13.9. The number of esters is 2. The fraction of sp³-hybridized carbons (Fsp3) is 0.294. The van der Waals surface area contributed by atoms with Crippen molar-refractivity contribution in [1.29, 1.82) is 0 Å². The number of fused-ring (bicyclic) bond motifs is 5. The SMILES string of the molecule is C[C@@]12C(=O)OC(=O)[C@@H]1CCc1c2ccc2ccccc12. The molecule has 1 saturated heterocycles. The van der Waals surface area contributed by atoms with E-state index in [-0.39, 0.29) is 11.9 Å². The maximum atomic E-state index is 12.2. The Morgan fingerprint density at radius 1 is 1.15 bits per heavy atom. The van der Waals surface area contributed by atoms with Gasteiger partial charge in [-0.25, -0.2) is 0 Å². The van der Waals surface area contributed by atoms with Crippen molar-refractivity contribution in [3.05, 3.63) is 47.5 Å². The largest absolute Gasteiger partial charge is 0.392 e. The first-order valence-electron chi connectivity index (χ1n) is 6.89. The number of aryl methyl sites for hydroxylation is 1. The van der Waals surface area contributed by atoms with Crippen molar-refractivity contribution in [2.75, 3.05) is 0 Å². The van der Waals surface area contributed by atoms with Gasteiger partial charge in [0, 0.05) is 0 Å². The van der Waals surface area contributed by atoms with Crippen molar-refractivity contribution >= 4 is 22.7 Å². The average Bonchev–Trinajstić information content (AvgIpc) is 2.69. The van der Waals surface area contributed by atoms with Crippen LogP contribution in [0.25, 0.3) is 10.8 Å². The van der Waals surface area contributed by atoms with Crippen molar-refractivity contribution in [2.45, 2.75) is 25.2 Å². The van der Waals surface area contributed by atoms with E-state index in [2.05, 4.69) is 12.1 Å². The summed E-state index contributed by atoms with van der Waals surface area (Å²) in [4.78, 5) is 24.1. The lowest BCUT2D eigenvalue weighted by Crippen LogP contribution is -2.39. The first-order valence-corrected chi connectivity index (χ1v) is 6.89. The molecule has 1 aliphatic carbocycles. The molecule has 3 heteroatoms. The van der Waals surface area contributed by atoms with Crippen LogP contribution in [0.2, 0.25) is 0 Å². The normalized spacial score (nSPS) is 28.1. The average molecular weight is 266 g/mol. The van der Waals surface area contributed by atoms with Crippen molar-refractivity contribution in [1.82, 2.24) is 0 Å². The van der Waals surface area contributed by atoms with Crippen molar-refractivity contribution < 1.29 is 14.3 Å². The van der Waals surface area contributed by atoms with Crippen LogP contribution in [0.1, 0.15) is 24.5 Å². The summed E-state index contributed by atoms with van der Waals surface area (Å²) in [6.45, 7) is 1.84. The van der Waals surface area contributed by atoms with Crippen LogP contribution in [0.3, 0.4) is 0 Å². The molecular formula is C17H14O3. The number of hydrogen-bond acceptors (Lipinski definition) is 3. The summed E-state index contributed by atoms with van der Waals surface area (Å²) in [5, 5.41) is 2.35. The molecule has 1 aliphatic heterocycles. The molecule has 0 radical (unpaired) electrons. The highest BCUT2D eigenvalue weighted by atomic mass is 16.6. The Balaban J connectivity index is 2.04. The second-order valence-corrected chi connectivity index (χ2v) is 5.81. The molecule has 20 heavy (non-hydrogen) atoms. The van der Waals surface area contributed by atoms with E-state index < -0.39 is 11.4 Å². The van der Waals surface area contributed by atoms with Gasteiger partial charge in [-0.15, -0.1) is 0 Å². The van der Waals surface area contributed by atoms with Crippen LogP contribution >= 0.6 is 0 Å². The van der Waals surface area contributed by atoms with Gasteiger partial charge in [-0.1, -0.05) is 36.4 Å². The van der Waals surface area contributed by atoms with Crippen molar-refractivity contribution in [3.63, 3.8) is 0 Å². The van der Waals surface area contributed by atoms with E-state index in [0.29, 0.717) is 6.42 Å². The molecular weight excluding hydrogens is 252 g/mol. The Morgan fingerprint density at radius 3 is 2.80 bits per heavy atom. The fourth-order valence-corrected chi connectivity index (χ4v) is 3.73.